The molecule has 1 fully saturated rings. The van der Waals surface area contributed by atoms with E-state index in [1.165, 1.54) is 18.2 Å². The van der Waals surface area contributed by atoms with Gasteiger partial charge in [-0.15, -0.1) is 0 Å². The summed E-state index contributed by atoms with van der Waals surface area (Å²) in [5, 5.41) is 12.9. The number of hydrogen-bond donors (Lipinski definition) is 2. The number of halogens is 1. The monoisotopic (exact) mass is 269 g/mol. The quantitative estimate of drug-likeness (QED) is 0.881. The molecule has 1 aliphatic rings. The first-order valence-corrected chi connectivity index (χ1v) is 6.41. The van der Waals surface area contributed by atoms with Gasteiger partial charge < -0.3 is 19.9 Å². The molecule has 5 heteroatoms. The summed E-state index contributed by atoms with van der Waals surface area (Å²) in [6.07, 6.45) is -0.0341. The second kappa shape index (κ2) is 5.45. The lowest BCUT2D eigenvalue weighted by Crippen LogP contribution is -2.32. The topological polar surface area (TPSA) is 50.7 Å². The number of rotatable bonds is 4. The van der Waals surface area contributed by atoms with Gasteiger partial charge in [0, 0.05) is 18.2 Å². The van der Waals surface area contributed by atoms with E-state index in [2.05, 4.69) is 5.32 Å². The van der Waals surface area contributed by atoms with Gasteiger partial charge in [-0.05, 0) is 39.0 Å². The number of phenolic OH excluding ortho intramolecular Hbond substituents is 1. The van der Waals surface area contributed by atoms with Gasteiger partial charge in [-0.3, -0.25) is 0 Å². The molecule has 1 aromatic carbocycles. The second-order valence-corrected chi connectivity index (χ2v) is 5.28. The van der Waals surface area contributed by atoms with Crippen molar-refractivity contribution in [3.63, 3.8) is 0 Å². The van der Waals surface area contributed by atoms with Crippen LogP contribution < -0.4 is 5.32 Å². The molecule has 1 aromatic rings. The van der Waals surface area contributed by atoms with Crippen molar-refractivity contribution in [2.75, 3.05) is 13.2 Å². The van der Waals surface area contributed by atoms with Gasteiger partial charge in [0.2, 0.25) is 0 Å². The van der Waals surface area contributed by atoms with Gasteiger partial charge in [-0.1, -0.05) is 0 Å². The zero-order valence-electron chi connectivity index (χ0n) is 11.4. The van der Waals surface area contributed by atoms with Crippen LogP contribution in [0.3, 0.4) is 0 Å². The van der Waals surface area contributed by atoms with Crippen molar-refractivity contribution in [1.82, 2.24) is 5.32 Å². The van der Waals surface area contributed by atoms with E-state index >= 15 is 0 Å². The van der Waals surface area contributed by atoms with Gasteiger partial charge in [0.25, 0.3) is 0 Å². The molecule has 1 saturated heterocycles. The first-order chi connectivity index (χ1) is 8.87. The zero-order valence-corrected chi connectivity index (χ0v) is 11.4. The maximum Gasteiger partial charge on any atom is 0.163 e. The fourth-order valence-electron chi connectivity index (χ4n) is 2.15. The molecule has 0 radical (unpaired) electrons. The highest BCUT2D eigenvalue weighted by atomic mass is 19.1. The minimum atomic E-state index is -0.545. The Kier molecular flexibility index (Phi) is 4.08. The maximum atomic E-state index is 13.2. The zero-order chi connectivity index (χ0) is 14.0. The van der Waals surface area contributed by atoms with Gasteiger partial charge in [-0.25, -0.2) is 4.39 Å². The van der Waals surface area contributed by atoms with Crippen molar-refractivity contribution in [2.45, 2.75) is 38.7 Å². The first kappa shape index (κ1) is 14.2. The van der Waals surface area contributed by atoms with Crippen LogP contribution >= 0.6 is 0 Å². The lowest BCUT2D eigenvalue weighted by Gasteiger charge is -2.20. The van der Waals surface area contributed by atoms with Crippen LogP contribution in [0.15, 0.2) is 18.2 Å². The van der Waals surface area contributed by atoms with E-state index in [0.717, 1.165) is 0 Å². The average molecular weight is 269 g/mol. The standard InChI is InChI=1S/C14H20FNO3/c1-9(12-6-10(15)4-5-13(12)17)16-7-11-8-18-14(2,3)19-11/h4-6,9,11,16-17H,7-8H2,1-3H3. The normalized spacial score (nSPS) is 23.5. The molecule has 2 N–H and O–H groups in total. The fourth-order valence-corrected chi connectivity index (χ4v) is 2.15. The molecule has 0 saturated carbocycles. The summed E-state index contributed by atoms with van der Waals surface area (Å²) in [4.78, 5) is 0. The van der Waals surface area contributed by atoms with E-state index in [9.17, 15) is 9.50 Å². The van der Waals surface area contributed by atoms with Crippen LogP contribution in [-0.2, 0) is 9.47 Å². The minimum absolute atomic E-state index is 0.0341. The van der Waals surface area contributed by atoms with E-state index in [1.807, 2.05) is 20.8 Å². The summed E-state index contributed by atoms with van der Waals surface area (Å²) in [6.45, 7) is 6.72. The summed E-state index contributed by atoms with van der Waals surface area (Å²) in [5.74, 6) is -0.815. The first-order valence-electron chi connectivity index (χ1n) is 6.41. The fraction of sp³-hybridized carbons (Fsp3) is 0.571. The molecule has 0 spiro atoms. The summed E-state index contributed by atoms with van der Waals surface area (Å²) in [5.41, 5.74) is 0.540. The highest BCUT2D eigenvalue weighted by Crippen LogP contribution is 2.26. The minimum Gasteiger partial charge on any atom is -0.508 e. The van der Waals surface area contributed by atoms with Crippen LogP contribution in [-0.4, -0.2) is 30.1 Å². The van der Waals surface area contributed by atoms with E-state index in [0.29, 0.717) is 18.7 Å². The molecule has 0 amide bonds. The van der Waals surface area contributed by atoms with Gasteiger partial charge in [-0.2, -0.15) is 0 Å². The van der Waals surface area contributed by atoms with Crippen molar-refractivity contribution in [3.8, 4) is 5.75 Å². The Hall–Kier alpha value is -1.17. The van der Waals surface area contributed by atoms with Crippen molar-refractivity contribution >= 4 is 0 Å². The molecule has 2 rings (SSSR count). The second-order valence-electron chi connectivity index (χ2n) is 5.28. The molecule has 0 aliphatic carbocycles. The molecule has 0 bridgehead atoms. The van der Waals surface area contributed by atoms with Crippen molar-refractivity contribution < 1.29 is 19.0 Å². The van der Waals surface area contributed by atoms with Gasteiger partial charge >= 0.3 is 0 Å². The number of phenols is 1. The number of benzene rings is 1. The summed E-state index contributed by atoms with van der Waals surface area (Å²) < 4.78 is 24.3. The third-order valence-corrected chi connectivity index (χ3v) is 3.18. The number of nitrogens with one attached hydrogen (secondary N) is 1. The summed E-state index contributed by atoms with van der Waals surface area (Å²) in [6, 6.07) is 3.77. The number of hydrogen-bond acceptors (Lipinski definition) is 4. The smallest absolute Gasteiger partial charge is 0.163 e. The Bertz CT molecular complexity index is 450. The molecule has 4 nitrogen and oxygen atoms in total. The lowest BCUT2D eigenvalue weighted by atomic mass is 10.1. The lowest BCUT2D eigenvalue weighted by molar-refractivity contribution is -0.137. The largest absolute Gasteiger partial charge is 0.508 e. The third kappa shape index (κ3) is 3.65. The SMILES string of the molecule is CC(NCC1COC(C)(C)O1)c1cc(F)ccc1O. The summed E-state index contributed by atoms with van der Waals surface area (Å²) in [7, 11) is 0. The average Bonchev–Trinajstić information content (AvgIpc) is 2.69. The highest BCUT2D eigenvalue weighted by molar-refractivity contribution is 5.34. The molecule has 2 atom stereocenters. The van der Waals surface area contributed by atoms with Crippen LogP contribution in [0.1, 0.15) is 32.4 Å². The van der Waals surface area contributed by atoms with E-state index < -0.39 is 5.79 Å². The van der Waals surface area contributed by atoms with E-state index in [4.69, 9.17) is 9.47 Å². The van der Waals surface area contributed by atoms with Crippen molar-refractivity contribution in [3.05, 3.63) is 29.6 Å². The van der Waals surface area contributed by atoms with Gasteiger partial charge in [0.1, 0.15) is 11.6 Å². The predicted molar refractivity (Wildman–Crippen MR) is 69.4 cm³/mol. The highest BCUT2D eigenvalue weighted by Gasteiger charge is 2.32. The predicted octanol–water partition coefficient (Wildman–Crippen LogP) is 2.33. The van der Waals surface area contributed by atoms with E-state index in [-0.39, 0.29) is 23.7 Å². The third-order valence-electron chi connectivity index (χ3n) is 3.18. The van der Waals surface area contributed by atoms with Crippen LogP contribution in [0.5, 0.6) is 5.75 Å². The Morgan fingerprint density at radius 1 is 1.53 bits per heavy atom. The maximum absolute atomic E-state index is 13.2. The molecule has 0 aromatic heterocycles. The van der Waals surface area contributed by atoms with Gasteiger partial charge in [0.15, 0.2) is 5.79 Å². The van der Waals surface area contributed by atoms with Crippen molar-refractivity contribution in [2.24, 2.45) is 0 Å². The Morgan fingerprint density at radius 2 is 2.26 bits per heavy atom. The Morgan fingerprint density at radius 3 is 2.89 bits per heavy atom. The Balaban J connectivity index is 1.91. The summed E-state index contributed by atoms with van der Waals surface area (Å²) >= 11 is 0. The molecule has 19 heavy (non-hydrogen) atoms. The molecule has 1 heterocycles. The van der Waals surface area contributed by atoms with Crippen LogP contribution in [0.25, 0.3) is 0 Å². The van der Waals surface area contributed by atoms with Crippen LogP contribution in [0.4, 0.5) is 4.39 Å². The van der Waals surface area contributed by atoms with Crippen LogP contribution in [0, 0.1) is 5.82 Å². The van der Waals surface area contributed by atoms with Crippen molar-refractivity contribution in [1.29, 1.82) is 0 Å². The molecular formula is C14H20FNO3. The van der Waals surface area contributed by atoms with Gasteiger partial charge in [0.05, 0.1) is 12.7 Å². The van der Waals surface area contributed by atoms with E-state index in [1.54, 1.807) is 0 Å². The molecule has 106 valence electrons. The molecule has 1 aliphatic heterocycles. The number of aromatic hydroxyl groups is 1. The molecular weight excluding hydrogens is 249 g/mol. The Labute approximate surface area is 112 Å². The number of ether oxygens (including phenoxy) is 2. The molecule has 2 unspecified atom stereocenters. The van der Waals surface area contributed by atoms with Crippen LogP contribution in [0.2, 0.25) is 0 Å².